The lowest BCUT2D eigenvalue weighted by molar-refractivity contribution is -0.141. The van der Waals surface area contributed by atoms with Gasteiger partial charge in [0.05, 0.1) is 14.2 Å². The summed E-state index contributed by atoms with van der Waals surface area (Å²) in [7, 11) is 3.00. The second-order valence-corrected chi connectivity index (χ2v) is 5.85. The molecule has 2 aromatic rings. The van der Waals surface area contributed by atoms with Gasteiger partial charge in [-0.15, -0.1) is 11.3 Å². The average molecular weight is 356 g/mol. The van der Waals surface area contributed by atoms with Crippen molar-refractivity contribution in [3.63, 3.8) is 0 Å². The molecule has 0 saturated carbocycles. The summed E-state index contributed by atoms with van der Waals surface area (Å²) in [6.07, 6.45) is 0. The van der Waals surface area contributed by atoms with Gasteiger partial charge in [0.15, 0.2) is 6.04 Å². The highest BCUT2D eigenvalue weighted by Gasteiger charge is 2.23. The van der Waals surface area contributed by atoms with E-state index in [4.69, 9.17) is 9.47 Å². The zero-order chi connectivity index (χ0) is 14.5. The molecular weight excluding hydrogens is 342 g/mol. The highest BCUT2D eigenvalue weighted by Crippen LogP contribution is 2.29. The maximum atomic E-state index is 11.9. The summed E-state index contributed by atoms with van der Waals surface area (Å²) in [5, 5.41) is 5.10. The topological polar surface area (TPSA) is 47.6 Å². The van der Waals surface area contributed by atoms with Crippen molar-refractivity contribution in [1.29, 1.82) is 0 Å². The predicted octanol–water partition coefficient (Wildman–Crippen LogP) is 3.85. The molecule has 4 nitrogen and oxygen atoms in total. The quantitative estimate of drug-likeness (QED) is 0.827. The van der Waals surface area contributed by atoms with Crippen LogP contribution in [0.1, 0.15) is 10.9 Å². The zero-order valence-corrected chi connectivity index (χ0v) is 13.5. The molecule has 1 N–H and O–H groups in total. The van der Waals surface area contributed by atoms with Crippen molar-refractivity contribution in [2.45, 2.75) is 6.04 Å². The molecule has 0 spiro atoms. The normalized spacial score (nSPS) is 11.8. The van der Waals surface area contributed by atoms with Gasteiger partial charge in [0.1, 0.15) is 5.75 Å². The average Bonchev–Trinajstić information content (AvgIpc) is 2.91. The molecule has 106 valence electrons. The summed E-state index contributed by atoms with van der Waals surface area (Å²) >= 11 is 4.88. The minimum Gasteiger partial charge on any atom is -0.497 e. The van der Waals surface area contributed by atoms with Crippen LogP contribution in [0.2, 0.25) is 0 Å². The number of rotatable bonds is 5. The van der Waals surface area contributed by atoms with Crippen molar-refractivity contribution in [3.8, 4) is 5.75 Å². The van der Waals surface area contributed by atoms with Crippen LogP contribution < -0.4 is 10.1 Å². The van der Waals surface area contributed by atoms with Crippen LogP contribution >= 0.6 is 27.3 Å². The largest absolute Gasteiger partial charge is 0.497 e. The summed E-state index contributed by atoms with van der Waals surface area (Å²) in [5.41, 5.74) is 0.825. The lowest BCUT2D eigenvalue weighted by atomic mass is 10.2. The lowest BCUT2D eigenvalue weighted by Crippen LogP contribution is -2.21. The van der Waals surface area contributed by atoms with E-state index in [2.05, 4.69) is 21.2 Å². The molecular formula is C14H14BrNO3S. The highest BCUT2D eigenvalue weighted by molar-refractivity contribution is 9.10. The van der Waals surface area contributed by atoms with Gasteiger partial charge in [0.25, 0.3) is 0 Å². The van der Waals surface area contributed by atoms with Crippen LogP contribution in [0.5, 0.6) is 5.75 Å². The third kappa shape index (κ3) is 3.52. The highest BCUT2D eigenvalue weighted by atomic mass is 79.9. The lowest BCUT2D eigenvalue weighted by Gasteiger charge is -2.16. The number of carbonyl (C=O) groups excluding carboxylic acids is 1. The molecule has 0 saturated heterocycles. The molecule has 0 bridgehead atoms. The number of ether oxygens (including phenoxy) is 2. The van der Waals surface area contributed by atoms with Gasteiger partial charge < -0.3 is 14.8 Å². The van der Waals surface area contributed by atoms with Crippen LogP contribution in [0.15, 0.2) is 40.2 Å². The molecule has 20 heavy (non-hydrogen) atoms. The molecule has 1 aromatic carbocycles. The van der Waals surface area contributed by atoms with Gasteiger partial charge in [-0.2, -0.15) is 0 Å². The van der Waals surface area contributed by atoms with Crippen molar-refractivity contribution in [1.82, 2.24) is 0 Å². The van der Waals surface area contributed by atoms with Crippen LogP contribution in [-0.2, 0) is 9.53 Å². The Morgan fingerprint density at radius 1 is 1.30 bits per heavy atom. The van der Waals surface area contributed by atoms with Crippen molar-refractivity contribution >= 4 is 38.9 Å². The minimum absolute atomic E-state index is 0.324. The Morgan fingerprint density at radius 3 is 2.50 bits per heavy atom. The Bertz CT molecular complexity index is 582. The maximum absolute atomic E-state index is 11.9. The first-order chi connectivity index (χ1) is 9.63. The third-order valence-corrected chi connectivity index (χ3v) is 4.47. The Hall–Kier alpha value is -1.53. The fraction of sp³-hybridized carbons (Fsp3) is 0.214. The second kappa shape index (κ2) is 6.76. The molecule has 0 aliphatic rings. The van der Waals surface area contributed by atoms with Crippen LogP contribution in [0.4, 0.5) is 5.69 Å². The second-order valence-electron chi connectivity index (χ2n) is 4.00. The molecule has 1 unspecified atom stereocenters. The van der Waals surface area contributed by atoms with Crippen LogP contribution in [-0.4, -0.2) is 20.2 Å². The van der Waals surface area contributed by atoms with E-state index in [1.54, 1.807) is 7.11 Å². The number of thiophene rings is 1. The zero-order valence-electron chi connectivity index (χ0n) is 11.1. The number of anilines is 1. The number of benzene rings is 1. The van der Waals surface area contributed by atoms with E-state index in [0.29, 0.717) is 0 Å². The van der Waals surface area contributed by atoms with Crippen molar-refractivity contribution in [2.24, 2.45) is 0 Å². The SMILES string of the molecule is COC(=O)C(Nc1ccc(OC)cc1)c1cc(Br)cs1. The van der Waals surface area contributed by atoms with Crippen molar-refractivity contribution in [3.05, 3.63) is 45.1 Å². The first-order valence-corrected chi connectivity index (χ1v) is 7.53. The third-order valence-electron chi connectivity index (χ3n) is 2.71. The summed E-state index contributed by atoms with van der Waals surface area (Å²) in [4.78, 5) is 12.8. The number of hydrogen-bond acceptors (Lipinski definition) is 5. The van der Waals surface area contributed by atoms with Gasteiger partial charge in [-0.1, -0.05) is 0 Å². The Balaban J connectivity index is 2.21. The molecule has 1 heterocycles. The van der Waals surface area contributed by atoms with Gasteiger partial charge in [-0.25, -0.2) is 4.79 Å². The summed E-state index contributed by atoms with van der Waals surface area (Å²) < 4.78 is 10.9. The molecule has 2 rings (SSSR count). The van der Waals surface area contributed by atoms with E-state index in [9.17, 15) is 4.79 Å². The standard InChI is InChI=1S/C14H14BrNO3S/c1-18-11-5-3-10(4-6-11)16-13(14(17)19-2)12-7-9(15)8-20-12/h3-8,13,16H,1-2H3. The smallest absolute Gasteiger partial charge is 0.333 e. The van der Waals surface area contributed by atoms with Crippen LogP contribution in [0, 0.1) is 0 Å². The van der Waals surface area contributed by atoms with Crippen molar-refractivity contribution in [2.75, 3.05) is 19.5 Å². The monoisotopic (exact) mass is 355 g/mol. The van der Waals surface area contributed by atoms with E-state index in [1.807, 2.05) is 35.7 Å². The summed E-state index contributed by atoms with van der Waals surface area (Å²) in [6.45, 7) is 0. The van der Waals surface area contributed by atoms with E-state index in [0.717, 1.165) is 20.8 Å². The number of nitrogens with one attached hydrogen (secondary N) is 1. The number of esters is 1. The molecule has 0 aliphatic carbocycles. The van der Waals surface area contributed by atoms with Gasteiger partial charge in [-0.05, 0) is 46.3 Å². The molecule has 6 heteroatoms. The van der Waals surface area contributed by atoms with Gasteiger partial charge in [-0.3, -0.25) is 0 Å². The Labute approximate surface area is 129 Å². The van der Waals surface area contributed by atoms with E-state index in [-0.39, 0.29) is 5.97 Å². The fourth-order valence-electron chi connectivity index (χ4n) is 1.70. The fourth-order valence-corrected chi connectivity index (χ4v) is 3.18. The van der Waals surface area contributed by atoms with Gasteiger partial charge >= 0.3 is 5.97 Å². The number of carbonyl (C=O) groups is 1. The number of hydrogen-bond donors (Lipinski definition) is 1. The minimum atomic E-state index is -0.523. The molecule has 0 radical (unpaired) electrons. The molecule has 0 fully saturated rings. The summed E-state index contributed by atoms with van der Waals surface area (Å²) in [6, 6.07) is 8.77. The number of halogens is 1. The molecule has 1 atom stereocenters. The van der Waals surface area contributed by atoms with Crippen molar-refractivity contribution < 1.29 is 14.3 Å². The van der Waals surface area contributed by atoms with E-state index >= 15 is 0 Å². The van der Waals surface area contributed by atoms with Gasteiger partial charge in [0, 0.05) is 20.4 Å². The summed E-state index contributed by atoms with van der Waals surface area (Å²) in [5.74, 6) is 0.444. The molecule has 1 aromatic heterocycles. The first kappa shape index (κ1) is 14.9. The molecule has 0 aliphatic heterocycles. The van der Waals surface area contributed by atoms with E-state index < -0.39 is 6.04 Å². The maximum Gasteiger partial charge on any atom is 0.333 e. The predicted molar refractivity (Wildman–Crippen MR) is 83.4 cm³/mol. The Morgan fingerprint density at radius 2 is 2.00 bits per heavy atom. The molecule has 0 amide bonds. The number of methoxy groups -OCH3 is 2. The van der Waals surface area contributed by atoms with Crippen LogP contribution in [0.3, 0.4) is 0 Å². The Kier molecular flexibility index (Phi) is 5.03. The van der Waals surface area contributed by atoms with E-state index in [1.165, 1.54) is 18.4 Å². The van der Waals surface area contributed by atoms with Gasteiger partial charge in [0.2, 0.25) is 0 Å². The van der Waals surface area contributed by atoms with Crippen LogP contribution in [0.25, 0.3) is 0 Å². The first-order valence-electron chi connectivity index (χ1n) is 5.86.